The quantitative estimate of drug-likeness (QED) is 0.539. The zero-order valence-corrected chi connectivity index (χ0v) is 19.1. The average Bonchev–Trinajstić information content (AvgIpc) is 3.01. The van der Waals surface area contributed by atoms with E-state index in [1.165, 1.54) is 5.56 Å². The van der Waals surface area contributed by atoms with E-state index in [1.54, 1.807) is 23.1 Å². The minimum atomic E-state index is -0.467. The maximum atomic E-state index is 13.5. The Kier molecular flexibility index (Phi) is 5.91. The van der Waals surface area contributed by atoms with Crippen LogP contribution in [-0.4, -0.2) is 42.9 Å². The summed E-state index contributed by atoms with van der Waals surface area (Å²) in [6.45, 7) is 5.66. The summed E-state index contributed by atoms with van der Waals surface area (Å²) in [5.41, 5.74) is 2.72. The largest absolute Gasteiger partial charge is 0.450 e. The molecular weight excluding hydrogens is 412 g/mol. The lowest BCUT2D eigenvalue weighted by atomic mass is 9.95. The third kappa shape index (κ3) is 4.00. The Bertz CT molecular complexity index is 1180. The summed E-state index contributed by atoms with van der Waals surface area (Å²) in [7, 11) is 4.01. The first kappa shape index (κ1) is 21.6. The molecule has 0 fully saturated rings. The summed E-state index contributed by atoms with van der Waals surface area (Å²) in [4.78, 5) is 30.7. The lowest BCUT2D eigenvalue weighted by molar-refractivity contribution is 0.0722. The van der Waals surface area contributed by atoms with E-state index in [0.29, 0.717) is 34.0 Å². The summed E-state index contributed by atoms with van der Waals surface area (Å²) in [5.74, 6) is 0.308. The molecule has 3 aromatic rings. The van der Waals surface area contributed by atoms with Gasteiger partial charge in [-0.2, -0.15) is 0 Å². The molecule has 1 aliphatic heterocycles. The monoisotopic (exact) mass is 438 g/mol. The Morgan fingerprint density at radius 2 is 1.81 bits per heavy atom. The van der Waals surface area contributed by atoms with Gasteiger partial charge in [0.25, 0.3) is 5.91 Å². The molecular formula is C25H27ClN2O3. The van der Waals surface area contributed by atoms with Crippen LogP contribution in [0.25, 0.3) is 11.0 Å². The van der Waals surface area contributed by atoms with Crippen molar-refractivity contribution in [1.29, 1.82) is 0 Å². The van der Waals surface area contributed by atoms with Crippen LogP contribution < -0.4 is 5.43 Å². The molecule has 1 aromatic heterocycles. The Balaban J connectivity index is 1.86. The van der Waals surface area contributed by atoms with Crippen LogP contribution in [0.3, 0.4) is 0 Å². The molecule has 1 unspecified atom stereocenters. The minimum absolute atomic E-state index is 0.141. The Morgan fingerprint density at radius 1 is 1.10 bits per heavy atom. The van der Waals surface area contributed by atoms with Gasteiger partial charge in [-0.3, -0.25) is 9.59 Å². The molecule has 0 spiro atoms. The van der Waals surface area contributed by atoms with Gasteiger partial charge in [-0.05, 0) is 62.3 Å². The van der Waals surface area contributed by atoms with Gasteiger partial charge >= 0.3 is 0 Å². The molecule has 1 aliphatic rings. The number of fused-ring (bicyclic) bond motifs is 2. The highest BCUT2D eigenvalue weighted by Crippen LogP contribution is 2.38. The third-order valence-corrected chi connectivity index (χ3v) is 6.09. The van der Waals surface area contributed by atoms with E-state index in [9.17, 15) is 9.59 Å². The predicted octanol–water partition coefficient (Wildman–Crippen LogP) is 5.07. The van der Waals surface area contributed by atoms with E-state index in [-0.39, 0.29) is 17.1 Å². The molecule has 4 rings (SSSR count). The van der Waals surface area contributed by atoms with E-state index in [0.717, 1.165) is 18.5 Å². The van der Waals surface area contributed by atoms with Crippen LogP contribution in [0.1, 0.15) is 59.5 Å². The van der Waals surface area contributed by atoms with Crippen molar-refractivity contribution >= 4 is 28.5 Å². The highest BCUT2D eigenvalue weighted by molar-refractivity contribution is 6.31. The minimum Gasteiger partial charge on any atom is -0.450 e. The first-order chi connectivity index (χ1) is 14.8. The van der Waals surface area contributed by atoms with Crippen molar-refractivity contribution in [3.8, 4) is 0 Å². The molecule has 1 atom stereocenters. The second-order valence-electron chi connectivity index (χ2n) is 8.69. The molecule has 2 aromatic carbocycles. The fraction of sp³-hybridized carbons (Fsp3) is 0.360. The molecule has 0 saturated carbocycles. The van der Waals surface area contributed by atoms with Crippen LogP contribution in [0.5, 0.6) is 0 Å². The smallest absolute Gasteiger partial charge is 0.290 e. The molecule has 0 bridgehead atoms. The summed E-state index contributed by atoms with van der Waals surface area (Å²) >= 11 is 6.13. The number of benzene rings is 2. The van der Waals surface area contributed by atoms with Crippen LogP contribution >= 0.6 is 11.6 Å². The average molecular weight is 439 g/mol. The highest BCUT2D eigenvalue weighted by atomic mass is 35.5. The van der Waals surface area contributed by atoms with Gasteiger partial charge < -0.3 is 14.2 Å². The van der Waals surface area contributed by atoms with E-state index in [4.69, 9.17) is 16.0 Å². The lowest BCUT2D eigenvalue weighted by Crippen LogP contribution is -2.32. The summed E-state index contributed by atoms with van der Waals surface area (Å²) < 4.78 is 5.96. The number of carbonyl (C=O) groups is 1. The molecule has 0 saturated heterocycles. The first-order valence-electron chi connectivity index (χ1n) is 10.6. The summed E-state index contributed by atoms with van der Waals surface area (Å²) in [5, 5.41) is 0.864. The maximum Gasteiger partial charge on any atom is 0.290 e. The molecule has 5 nitrogen and oxygen atoms in total. The number of rotatable bonds is 6. The first-order valence-corrected chi connectivity index (χ1v) is 11.0. The van der Waals surface area contributed by atoms with Gasteiger partial charge in [0.05, 0.1) is 17.0 Å². The highest BCUT2D eigenvalue weighted by Gasteiger charge is 2.42. The Morgan fingerprint density at radius 3 is 2.45 bits per heavy atom. The summed E-state index contributed by atoms with van der Waals surface area (Å²) in [6, 6.07) is 12.6. The van der Waals surface area contributed by atoms with E-state index < -0.39 is 6.04 Å². The van der Waals surface area contributed by atoms with E-state index in [2.05, 4.69) is 30.9 Å². The third-order valence-electron chi connectivity index (χ3n) is 5.85. The number of carbonyl (C=O) groups excluding carboxylic acids is 1. The van der Waals surface area contributed by atoms with Gasteiger partial charge in [-0.1, -0.05) is 49.7 Å². The molecule has 1 amide bonds. The van der Waals surface area contributed by atoms with Crippen molar-refractivity contribution in [2.24, 2.45) is 0 Å². The van der Waals surface area contributed by atoms with Gasteiger partial charge in [0.1, 0.15) is 5.58 Å². The van der Waals surface area contributed by atoms with Crippen molar-refractivity contribution in [2.45, 2.75) is 32.2 Å². The number of halogens is 1. The van der Waals surface area contributed by atoms with Crippen LogP contribution in [-0.2, 0) is 0 Å². The fourth-order valence-corrected chi connectivity index (χ4v) is 4.36. The number of hydrogen-bond donors (Lipinski definition) is 0. The predicted molar refractivity (Wildman–Crippen MR) is 124 cm³/mol. The molecule has 6 heteroatoms. The van der Waals surface area contributed by atoms with Gasteiger partial charge in [0, 0.05) is 11.6 Å². The van der Waals surface area contributed by atoms with Crippen LogP contribution in [0.2, 0.25) is 5.02 Å². The van der Waals surface area contributed by atoms with Gasteiger partial charge in [-0.25, -0.2) is 0 Å². The maximum absolute atomic E-state index is 13.5. The Hall–Kier alpha value is -2.63. The van der Waals surface area contributed by atoms with Crippen molar-refractivity contribution in [2.75, 3.05) is 27.2 Å². The molecule has 2 heterocycles. The van der Waals surface area contributed by atoms with Gasteiger partial charge in [0.2, 0.25) is 5.76 Å². The van der Waals surface area contributed by atoms with E-state index >= 15 is 0 Å². The number of hydrogen-bond acceptors (Lipinski definition) is 4. The van der Waals surface area contributed by atoms with Crippen LogP contribution in [0.15, 0.2) is 51.7 Å². The molecule has 162 valence electrons. The summed E-state index contributed by atoms with van der Waals surface area (Å²) in [6.07, 6.45) is 0.798. The van der Waals surface area contributed by atoms with Crippen molar-refractivity contribution in [3.05, 3.63) is 80.2 Å². The molecule has 31 heavy (non-hydrogen) atoms. The topological polar surface area (TPSA) is 53.8 Å². The zero-order valence-electron chi connectivity index (χ0n) is 18.3. The fourth-order valence-electron chi connectivity index (χ4n) is 4.19. The van der Waals surface area contributed by atoms with Crippen molar-refractivity contribution < 1.29 is 9.21 Å². The van der Waals surface area contributed by atoms with Crippen LogP contribution in [0.4, 0.5) is 0 Å². The normalized spacial score (nSPS) is 16.0. The molecule has 0 N–H and O–H groups in total. The molecule has 0 aliphatic carbocycles. The number of nitrogens with zero attached hydrogens (tertiary/aromatic N) is 2. The zero-order chi connectivity index (χ0) is 22.3. The van der Waals surface area contributed by atoms with Crippen LogP contribution in [0, 0.1) is 0 Å². The van der Waals surface area contributed by atoms with Gasteiger partial charge in [0.15, 0.2) is 5.43 Å². The van der Waals surface area contributed by atoms with Crippen molar-refractivity contribution in [1.82, 2.24) is 9.80 Å². The second-order valence-corrected chi connectivity index (χ2v) is 9.13. The molecule has 0 radical (unpaired) electrons. The second kappa shape index (κ2) is 8.48. The van der Waals surface area contributed by atoms with Crippen molar-refractivity contribution in [3.63, 3.8) is 0 Å². The SMILES string of the molecule is CC(C)c1ccc(C2c3c(oc4ccc(Cl)cc4c3=O)C(=O)N2CCCN(C)C)cc1. The number of amides is 1. The van der Waals surface area contributed by atoms with E-state index in [1.807, 2.05) is 26.2 Å². The standard InChI is InChI=1S/C25H27ClN2O3/c1-15(2)16-6-8-17(9-7-16)22-21-23(29)19-14-18(26)10-11-20(19)31-24(21)25(30)28(22)13-5-12-27(3)4/h6-11,14-15,22H,5,12-13H2,1-4H3. The Labute approximate surface area is 187 Å². The lowest BCUT2D eigenvalue weighted by Gasteiger charge is -2.26. The van der Waals surface area contributed by atoms with Gasteiger partial charge in [-0.15, -0.1) is 0 Å².